The molecule has 0 aliphatic carbocycles. The number of ether oxygens (including phenoxy) is 1. The summed E-state index contributed by atoms with van der Waals surface area (Å²) in [6.45, 7) is 3.15. The van der Waals surface area contributed by atoms with Crippen molar-refractivity contribution in [1.82, 2.24) is 10.2 Å². The van der Waals surface area contributed by atoms with Crippen molar-refractivity contribution in [2.75, 3.05) is 30.8 Å². The van der Waals surface area contributed by atoms with Crippen LogP contribution in [0.25, 0.3) is 0 Å². The molecular formula is C23H29F2N3O5S. The Morgan fingerprint density at radius 3 is 2.21 bits per heavy atom. The molecule has 8 nitrogen and oxygen atoms in total. The Bertz CT molecular complexity index is 1110. The summed E-state index contributed by atoms with van der Waals surface area (Å²) in [6, 6.07) is 8.55. The Balaban J connectivity index is 2.44. The van der Waals surface area contributed by atoms with Crippen LogP contribution in [0.5, 0.6) is 5.75 Å². The van der Waals surface area contributed by atoms with Gasteiger partial charge in [0, 0.05) is 19.2 Å². The molecular weight excluding hydrogens is 468 g/mol. The highest BCUT2D eigenvalue weighted by atomic mass is 32.2. The number of hydrogen-bond acceptors (Lipinski definition) is 5. The molecule has 0 radical (unpaired) electrons. The minimum atomic E-state index is -4.04. The first-order valence-corrected chi connectivity index (χ1v) is 12.5. The normalized spacial score (nSPS) is 12.1. The molecule has 0 aliphatic rings. The topological polar surface area (TPSA) is 96.0 Å². The van der Waals surface area contributed by atoms with E-state index < -0.39 is 40.2 Å². The first-order valence-electron chi connectivity index (χ1n) is 10.6. The fourth-order valence-corrected chi connectivity index (χ4v) is 4.23. The van der Waals surface area contributed by atoms with E-state index in [4.69, 9.17) is 4.74 Å². The number of nitrogens with one attached hydrogen (secondary N) is 1. The van der Waals surface area contributed by atoms with Crippen LogP contribution in [0.1, 0.15) is 25.8 Å². The van der Waals surface area contributed by atoms with Crippen molar-refractivity contribution < 1.29 is 31.5 Å². The minimum absolute atomic E-state index is 0.0217. The Morgan fingerprint density at radius 2 is 1.71 bits per heavy atom. The molecule has 0 aliphatic heterocycles. The lowest BCUT2D eigenvalue weighted by molar-refractivity contribution is -0.140. The lowest BCUT2D eigenvalue weighted by Crippen LogP contribution is -2.52. The third-order valence-electron chi connectivity index (χ3n) is 5.12. The highest BCUT2D eigenvalue weighted by Crippen LogP contribution is 2.22. The molecule has 0 spiro atoms. The predicted molar refractivity (Wildman–Crippen MR) is 125 cm³/mol. The minimum Gasteiger partial charge on any atom is -0.497 e. The first kappa shape index (κ1) is 27.0. The van der Waals surface area contributed by atoms with E-state index >= 15 is 0 Å². The van der Waals surface area contributed by atoms with Crippen LogP contribution in [0.15, 0.2) is 42.5 Å². The number of carbonyl (C=O) groups is 2. The number of benzene rings is 2. The van der Waals surface area contributed by atoms with Crippen LogP contribution in [0, 0.1) is 11.6 Å². The summed E-state index contributed by atoms with van der Waals surface area (Å²) in [5, 5.41) is 2.69. The fraction of sp³-hybridized carbons (Fsp3) is 0.391. The molecule has 2 rings (SSSR count). The molecule has 34 heavy (non-hydrogen) atoms. The zero-order valence-corrected chi connectivity index (χ0v) is 20.4. The zero-order valence-electron chi connectivity index (χ0n) is 19.5. The number of hydrogen-bond donors (Lipinski definition) is 1. The van der Waals surface area contributed by atoms with Crippen molar-refractivity contribution in [1.29, 1.82) is 0 Å². The van der Waals surface area contributed by atoms with E-state index in [1.165, 1.54) is 12.0 Å². The zero-order chi connectivity index (χ0) is 25.5. The Morgan fingerprint density at radius 1 is 1.06 bits per heavy atom. The molecule has 0 fully saturated rings. The van der Waals surface area contributed by atoms with E-state index in [9.17, 15) is 26.8 Å². The number of sulfonamides is 1. The van der Waals surface area contributed by atoms with Crippen molar-refractivity contribution in [3.05, 3.63) is 59.7 Å². The van der Waals surface area contributed by atoms with Crippen molar-refractivity contribution in [2.24, 2.45) is 0 Å². The van der Waals surface area contributed by atoms with Crippen molar-refractivity contribution in [2.45, 2.75) is 32.9 Å². The average molecular weight is 498 g/mol. The molecule has 2 aromatic carbocycles. The van der Waals surface area contributed by atoms with Crippen LogP contribution >= 0.6 is 0 Å². The largest absolute Gasteiger partial charge is 0.497 e. The number of nitrogens with zero attached hydrogens (tertiary/aromatic N) is 2. The second-order valence-corrected chi connectivity index (χ2v) is 9.46. The van der Waals surface area contributed by atoms with Gasteiger partial charge in [-0.05, 0) is 43.2 Å². The lowest BCUT2D eigenvalue weighted by atomic mass is 10.1. The van der Waals surface area contributed by atoms with E-state index in [1.54, 1.807) is 38.1 Å². The number of halogens is 2. The van der Waals surface area contributed by atoms with E-state index in [1.807, 2.05) is 0 Å². The van der Waals surface area contributed by atoms with Gasteiger partial charge in [-0.15, -0.1) is 0 Å². The molecule has 1 atom stereocenters. The summed E-state index contributed by atoms with van der Waals surface area (Å²) in [5.41, 5.74) is 0.487. The summed E-state index contributed by atoms with van der Waals surface area (Å²) in [6.07, 6.45) is 1.13. The van der Waals surface area contributed by atoms with Crippen LogP contribution in [-0.4, -0.2) is 57.6 Å². The van der Waals surface area contributed by atoms with Crippen LogP contribution in [-0.2, 0) is 26.2 Å². The van der Waals surface area contributed by atoms with Gasteiger partial charge in [-0.1, -0.05) is 19.1 Å². The van der Waals surface area contributed by atoms with Crippen molar-refractivity contribution in [3.8, 4) is 5.75 Å². The maximum atomic E-state index is 13.8. The number of likely N-dealkylation sites (N-methyl/N-ethyl adjacent to an activating group) is 1. The highest BCUT2D eigenvalue weighted by molar-refractivity contribution is 7.92. The molecule has 2 aromatic rings. The van der Waals surface area contributed by atoms with Gasteiger partial charge in [0.25, 0.3) is 0 Å². The van der Waals surface area contributed by atoms with Gasteiger partial charge in [0.1, 0.15) is 18.3 Å². The van der Waals surface area contributed by atoms with Crippen LogP contribution in [0.2, 0.25) is 0 Å². The quantitative estimate of drug-likeness (QED) is 0.515. The Hall–Kier alpha value is -3.21. The highest BCUT2D eigenvalue weighted by Gasteiger charge is 2.31. The van der Waals surface area contributed by atoms with E-state index in [0.717, 1.165) is 18.4 Å². The van der Waals surface area contributed by atoms with Gasteiger partial charge in [-0.3, -0.25) is 13.9 Å². The molecule has 1 unspecified atom stereocenters. The molecule has 11 heteroatoms. The monoisotopic (exact) mass is 497 g/mol. The number of carbonyl (C=O) groups excluding carboxylic acids is 2. The molecule has 0 aromatic heterocycles. The Kier molecular flexibility index (Phi) is 9.36. The summed E-state index contributed by atoms with van der Waals surface area (Å²) < 4.78 is 57.9. The summed E-state index contributed by atoms with van der Waals surface area (Å²) in [4.78, 5) is 27.4. The van der Waals surface area contributed by atoms with Gasteiger partial charge in [0.2, 0.25) is 21.8 Å². The van der Waals surface area contributed by atoms with E-state index in [0.29, 0.717) is 28.2 Å². The second kappa shape index (κ2) is 11.8. The van der Waals surface area contributed by atoms with Gasteiger partial charge < -0.3 is 15.0 Å². The second-order valence-electron chi connectivity index (χ2n) is 7.56. The first-order chi connectivity index (χ1) is 16.0. The van der Waals surface area contributed by atoms with Gasteiger partial charge in [-0.2, -0.15) is 0 Å². The number of amides is 2. The van der Waals surface area contributed by atoms with Crippen LogP contribution in [0.3, 0.4) is 0 Å². The fourth-order valence-electron chi connectivity index (χ4n) is 3.39. The molecule has 0 heterocycles. The Labute approximate surface area is 198 Å². The standard InChI is InChI=1S/C23H29F2N3O5S/c1-5-21(23(30)26-6-2)27(14-16-7-10-18(33-3)11-8-16)22(29)15-28(34(4,31)32)17-9-12-19(24)20(25)13-17/h7-13,21H,5-6,14-15H2,1-4H3,(H,26,30). The number of rotatable bonds is 11. The molecule has 1 N–H and O–H groups in total. The predicted octanol–water partition coefficient (Wildman–Crippen LogP) is 2.68. The van der Waals surface area contributed by atoms with E-state index in [-0.39, 0.29) is 24.6 Å². The third-order valence-corrected chi connectivity index (χ3v) is 6.26. The van der Waals surface area contributed by atoms with Gasteiger partial charge in [0.05, 0.1) is 19.1 Å². The maximum Gasteiger partial charge on any atom is 0.244 e. The molecule has 0 bridgehead atoms. The summed E-state index contributed by atoms with van der Waals surface area (Å²) >= 11 is 0. The summed E-state index contributed by atoms with van der Waals surface area (Å²) in [5.74, 6) is -2.84. The summed E-state index contributed by atoms with van der Waals surface area (Å²) in [7, 11) is -2.52. The molecule has 186 valence electrons. The van der Waals surface area contributed by atoms with Crippen LogP contribution < -0.4 is 14.4 Å². The third kappa shape index (κ3) is 6.89. The average Bonchev–Trinajstić information content (AvgIpc) is 2.79. The molecule has 0 saturated carbocycles. The molecule has 2 amide bonds. The van der Waals surface area contributed by atoms with Crippen LogP contribution in [0.4, 0.5) is 14.5 Å². The maximum absolute atomic E-state index is 13.8. The van der Waals surface area contributed by atoms with Crippen molar-refractivity contribution >= 4 is 27.5 Å². The van der Waals surface area contributed by atoms with Gasteiger partial charge in [-0.25, -0.2) is 17.2 Å². The SMILES string of the molecule is CCNC(=O)C(CC)N(Cc1ccc(OC)cc1)C(=O)CN(c1ccc(F)c(F)c1)S(C)(=O)=O. The molecule has 0 saturated heterocycles. The van der Waals surface area contributed by atoms with Gasteiger partial charge >= 0.3 is 0 Å². The number of methoxy groups -OCH3 is 1. The number of anilines is 1. The van der Waals surface area contributed by atoms with Crippen molar-refractivity contribution in [3.63, 3.8) is 0 Å². The smallest absolute Gasteiger partial charge is 0.244 e. The van der Waals surface area contributed by atoms with E-state index in [2.05, 4.69) is 5.32 Å². The van der Waals surface area contributed by atoms with Gasteiger partial charge in [0.15, 0.2) is 11.6 Å². The lowest BCUT2D eigenvalue weighted by Gasteiger charge is -2.32.